The molecule has 172 valence electrons. The average Bonchev–Trinajstić information content (AvgIpc) is 2.77. The van der Waals surface area contributed by atoms with E-state index in [0.717, 1.165) is 6.08 Å². The molecule has 0 aromatic heterocycles. The van der Waals surface area contributed by atoms with Crippen LogP contribution in [0.15, 0.2) is 72.8 Å². The molecule has 0 amide bonds. The van der Waals surface area contributed by atoms with Crippen molar-refractivity contribution in [1.82, 2.24) is 0 Å². The van der Waals surface area contributed by atoms with Gasteiger partial charge in [-0.15, -0.1) is 0 Å². The van der Waals surface area contributed by atoms with Crippen molar-refractivity contribution >= 4 is 18.0 Å². The van der Waals surface area contributed by atoms with Crippen LogP contribution in [-0.4, -0.2) is 48.7 Å². The molecule has 0 bridgehead atoms. The number of ether oxygens (including phenoxy) is 1. The van der Waals surface area contributed by atoms with Gasteiger partial charge in [0.2, 0.25) is 6.10 Å². The Morgan fingerprint density at radius 1 is 0.788 bits per heavy atom. The zero-order valence-corrected chi connectivity index (χ0v) is 17.2. The van der Waals surface area contributed by atoms with Gasteiger partial charge in [0, 0.05) is 12.5 Å². The fraction of sp³-hybridized carbons (Fsp3) is 0.0833. The molecule has 0 aliphatic rings. The molecule has 1 unspecified atom stereocenters. The molecule has 0 aliphatic heterocycles. The van der Waals surface area contributed by atoms with Crippen molar-refractivity contribution in [1.29, 1.82) is 0 Å². The molecule has 0 saturated carbocycles. The number of phenolic OH excluding ortho intramolecular Hbond substituents is 5. The third-order valence-corrected chi connectivity index (χ3v) is 4.16. The van der Waals surface area contributed by atoms with Gasteiger partial charge in [0.05, 0.1) is 0 Å². The van der Waals surface area contributed by atoms with Crippen LogP contribution in [0, 0.1) is 0 Å². The molecule has 3 aromatic rings. The Bertz CT molecular complexity index is 1120. The molecule has 0 heterocycles. The SMILES string of the molecule is O=C(/C=C/c1ccc(O)c(O)c1)OC(Cc1ccc(O)c(O)c1)C(=O)O.Oc1ccccc1. The van der Waals surface area contributed by atoms with E-state index < -0.39 is 23.8 Å². The van der Waals surface area contributed by atoms with E-state index in [1.165, 1.54) is 42.5 Å². The predicted octanol–water partition coefficient (Wildman–Crippen LogP) is 3.15. The Morgan fingerprint density at radius 3 is 1.91 bits per heavy atom. The van der Waals surface area contributed by atoms with Crippen molar-refractivity contribution in [3.63, 3.8) is 0 Å². The average molecular weight is 454 g/mol. The summed E-state index contributed by atoms with van der Waals surface area (Å²) in [7, 11) is 0. The number of hydrogen-bond acceptors (Lipinski definition) is 8. The Labute approximate surface area is 188 Å². The van der Waals surface area contributed by atoms with Gasteiger partial charge in [-0.1, -0.05) is 30.3 Å². The van der Waals surface area contributed by atoms with Gasteiger partial charge in [-0.3, -0.25) is 0 Å². The van der Waals surface area contributed by atoms with Gasteiger partial charge in [0.1, 0.15) is 5.75 Å². The quantitative estimate of drug-likeness (QED) is 0.186. The number of aliphatic carboxylic acids is 1. The maximum absolute atomic E-state index is 11.8. The number of carboxylic acid groups (broad SMARTS) is 1. The third-order valence-electron chi connectivity index (χ3n) is 4.16. The highest BCUT2D eigenvalue weighted by molar-refractivity contribution is 5.89. The first kappa shape index (κ1) is 24.6. The van der Waals surface area contributed by atoms with Gasteiger partial charge in [-0.2, -0.15) is 0 Å². The molecular formula is C24H22O9. The number of aromatic hydroxyl groups is 5. The van der Waals surface area contributed by atoms with Crippen molar-refractivity contribution in [3.8, 4) is 28.7 Å². The number of carboxylic acids is 1. The summed E-state index contributed by atoms with van der Waals surface area (Å²) >= 11 is 0. The van der Waals surface area contributed by atoms with Crippen LogP contribution >= 0.6 is 0 Å². The van der Waals surface area contributed by atoms with Gasteiger partial charge in [-0.05, 0) is 53.6 Å². The number of para-hydroxylation sites is 1. The number of rotatable bonds is 6. The minimum absolute atomic E-state index is 0.206. The number of esters is 1. The van der Waals surface area contributed by atoms with E-state index >= 15 is 0 Å². The third kappa shape index (κ3) is 8.18. The molecule has 33 heavy (non-hydrogen) atoms. The molecule has 3 rings (SSSR count). The maximum Gasteiger partial charge on any atom is 0.345 e. The van der Waals surface area contributed by atoms with E-state index in [-0.39, 0.29) is 23.7 Å². The van der Waals surface area contributed by atoms with Crippen molar-refractivity contribution in [3.05, 3.63) is 83.9 Å². The molecule has 0 aliphatic carbocycles. The lowest BCUT2D eigenvalue weighted by Crippen LogP contribution is -2.28. The van der Waals surface area contributed by atoms with Crippen LogP contribution in [0.3, 0.4) is 0 Å². The fourth-order valence-electron chi connectivity index (χ4n) is 2.51. The van der Waals surface area contributed by atoms with Crippen molar-refractivity contribution in [2.24, 2.45) is 0 Å². The van der Waals surface area contributed by atoms with E-state index in [9.17, 15) is 35.1 Å². The molecular weight excluding hydrogens is 432 g/mol. The zero-order valence-electron chi connectivity index (χ0n) is 17.2. The molecule has 9 nitrogen and oxygen atoms in total. The Morgan fingerprint density at radius 2 is 1.39 bits per heavy atom. The summed E-state index contributed by atoms with van der Waals surface area (Å²) in [6.45, 7) is 0. The topological polar surface area (TPSA) is 165 Å². The molecule has 0 radical (unpaired) electrons. The van der Waals surface area contributed by atoms with E-state index in [0.29, 0.717) is 16.9 Å². The smallest absolute Gasteiger partial charge is 0.345 e. The lowest BCUT2D eigenvalue weighted by molar-refractivity contribution is -0.160. The molecule has 1 atom stereocenters. The Hall–Kier alpha value is -4.66. The van der Waals surface area contributed by atoms with Crippen LogP contribution in [0.2, 0.25) is 0 Å². The summed E-state index contributed by atoms with van der Waals surface area (Å²) < 4.78 is 4.88. The summed E-state index contributed by atoms with van der Waals surface area (Å²) in [5, 5.41) is 55.1. The van der Waals surface area contributed by atoms with Gasteiger partial charge >= 0.3 is 11.9 Å². The molecule has 9 heteroatoms. The molecule has 0 spiro atoms. The van der Waals surface area contributed by atoms with Crippen LogP contribution in [0.4, 0.5) is 0 Å². The first-order chi connectivity index (χ1) is 15.7. The minimum Gasteiger partial charge on any atom is -0.508 e. The predicted molar refractivity (Wildman–Crippen MR) is 118 cm³/mol. The monoisotopic (exact) mass is 454 g/mol. The standard InChI is InChI=1S/C18H16O8.C6H6O/c19-12-4-1-10(7-14(12)21)3-6-17(23)26-16(18(24)25)9-11-2-5-13(20)15(22)8-11;7-6-4-2-1-3-5-6/h1-8,16,19-22H,9H2,(H,24,25);1-5,7H/b6-3+;. The second-order valence-corrected chi connectivity index (χ2v) is 6.71. The second kappa shape index (κ2) is 11.7. The van der Waals surface area contributed by atoms with E-state index in [4.69, 9.17) is 9.84 Å². The summed E-state index contributed by atoms with van der Waals surface area (Å²) in [4.78, 5) is 23.1. The highest BCUT2D eigenvalue weighted by Gasteiger charge is 2.22. The number of carbonyl (C=O) groups excluding carboxylic acids is 1. The summed E-state index contributed by atoms with van der Waals surface area (Å²) in [5.74, 6) is -3.41. The fourth-order valence-corrected chi connectivity index (χ4v) is 2.51. The summed E-state index contributed by atoms with van der Waals surface area (Å²) in [6.07, 6.45) is 0.565. The number of benzene rings is 3. The van der Waals surface area contributed by atoms with Gasteiger partial charge in [0.25, 0.3) is 0 Å². The van der Waals surface area contributed by atoms with E-state index in [2.05, 4.69) is 0 Å². The van der Waals surface area contributed by atoms with Crippen LogP contribution < -0.4 is 0 Å². The van der Waals surface area contributed by atoms with E-state index in [1.807, 2.05) is 6.07 Å². The Balaban J connectivity index is 0.000000468. The van der Waals surface area contributed by atoms with Crippen molar-refractivity contribution in [2.75, 3.05) is 0 Å². The highest BCUT2D eigenvalue weighted by atomic mass is 16.6. The first-order valence-corrected chi connectivity index (χ1v) is 9.54. The number of hydrogen-bond donors (Lipinski definition) is 6. The van der Waals surface area contributed by atoms with E-state index in [1.54, 1.807) is 24.3 Å². The van der Waals surface area contributed by atoms with Crippen LogP contribution in [0.1, 0.15) is 11.1 Å². The van der Waals surface area contributed by atoms with Crippen molar-refractivity contribution in [2.45, 2.75) is 12.5 Å². The highest BCUT2D eigenvalue weighted by Crippen LogP contribution is 2.26. The summed E-state index contributed by atoms with van der Waals surface area (Å²) in [6, 6.07) is 16.4. The zero-order chi connectivity index (χ0) is 24.4. The lowest BCUT2D eigenvalue weighted by Gasteiger charge is -2.13. The van der Waals surface area contributed by atoms with Gasteiger partial charge in [-0.25, -0.2) is 9.59 Å². The molecule has 0 saturated heterocycles. The normalized spacial score (nSPS) is 11.3. The van der Waals surface area contributed by atoms with Crippen LogP contribution in [-0.2, 0) is 20.7 Å². The van der Waals surface area contributed by atoms with Crippen LogP contribution in [0.5, 0.6) is 28.7 Å². The van der Waals surface area contributed by atoms with Crippen LogP contribution in [0.25, 0.3) is 6.08 Å². The van der Waals surface area contributed by atoms with Crippen molar-refractivity contribution < 1.29 is 45.0 Å². The maximum atomic E-state index is 11.8. The number of phenols is 5. The lowest BCUT2D eigenvalue weighted by atomic mass is 10.1. The molecule has 6 N–H and O–H groups in total. The number of carbonyl (C=O) groups is 2. The van der Waals surface area contributed by atoms with Gasteiger partial charge < -0.3 is 35.4 Å². The molecule has 0 fully saturated rings. The minimum atomic E-state index is -1.50. The van der Waals surface area contributed by atoms with Gasteiger partial charge in [0.15, 0.2) is 23.0 Å². The second-order valence-electron chi connectivity index (χ2n) is 6.71. The Kier molecular flexibility index (Phi) is 8.69. The first-order valence-electron chi connectivity index (χ1n) is 9.54. The summed E-state index contributed by atoms with van der Waals surface area (Å²) in [5.41, 5.74) is 0.750. The molecule has 3 aromatic carbocycles. The largest absolute Gasteiger partial charge is 0.508 e.